The van der Waals surface area contributed by atoms with Gasteiger partial charge in [0, 0.05) is 12.1 Å². The van der Waals surface area contributed by atoms with E-state index in [4.69, 9.17) is 4.74 Å². The molecule has 0 atom stereocenters. The fourth-order valence-corrected chi connectivity index (χ4v) is 1.66. The van der Waals surface area contributed by atoms with Crippen molar-refractivity contribution in [2.24, 2.45) is 0 Å². The summed E-state index contributed by atoms with van der Waals surface area (Å²) in [6.07, 6.45) is 3.58. The lowest BCUT2D eigenvalue weighted by molar-refractivity contribution is 0.291. The van der Waals surface area contributed by atoms with E-state index in [0.29, 0.717) is 12.4 Å². The molecule has 0 spiro atoms. The van der Waals surface area contributed by atoms with Crippen molar-refractivity contribution in [2.45, 2.75) is 27.0 Å². The minimum Gasteiger partial charge on any atom is -0.508 e. The Kier molecular flexibility index (Phi) is 3.32. The number of hydrogen-bond donors (Lipinski definition) is 1. The number of phenols is 1. The third-order valence-electron chi connectivity index (χ3n) is 2.77. The number of phenolic OH excluding ortho intramolecular Hbond substituents is 1. The second-order valence-corrected chi connectivity index (χ2v) is 3.86. The summed E-state index contributed by atoms with van der Waals surface area (Å²) in [7, 11) is 0. The van der Waals surface area contributed by atoms with Crippen molar-refractivity contribution in [3.63, 3.8) is 0 Å². The van der Waals surface area contributed by atoms with E-state index in [2.05, 4.69) is 11.9 Å². The summed E-state index contributed by atoms with van der Waals surface area (Å²) >= 11 is 0. The van der Waals surface area contributed by atoms with Gasteiger partial charge in [-0.3, -0.25) is 0 Å². The molecule has 0 saturated carbocycles. The van der Waals surface area contributed by atoms with Crippen LogP contribution in [0.5, 0.6) is 11.5 Å². The van der Waals surface area contributed by atoms with Crippen LogP contribution in [0.3, 0.4) is 0 Å². The van der Waals surface area contributed by atoms with E-state index < -0.39 is 0 Å². The number of benzene rings is 1. The predicted molar refractivity (Wildman–Crippen MR) is 65.1 cm³/mol. The summed E-state index contributed by atoms with van der Waals surface area (Å²) in [4.78, 5) is 4.08. The standard InChI is InChI=1S/C13H16N2O2/c1-3-15-9-14-7-11(15)8-17-13-6-4-5-12(16)10(13)2/h4-7,9,16H,3,8H2,1-2H3. The highest BCUT2D eigenvalue weighted by Gasteiger charge is 2.05. The molecule has 1 aromatic heterocycles. The molecule has 0 saturated heterocycles. The first-order chi connectivity index (χ1) is 8.22. The quantitative estimate of drug-likeness (QED) is 0.881. The highest BCUT2D eigenvalue weighted by molar-refractivity contribution is 5.42. The number of imidazole rings is 1. The first-order valence-electron chi connectivity index (χ1n) is 5.62. The molecule has 17 heavy (non-hydrogen) atoms. The van der Waals surface area contributed by atoms with E-state index in [1.807, 2.05) is 17.6 Å². The van der Waals surface area contributed by atoms with E-state index in [1.54, 1.807) is 24.7 Å². The predicted octanol–water partition coefficient (Wildman–Crippen LogP) is 2.50. The summed E-state index contributed by atoms with van der Waals surface area (Å²) in [5, 5.41) is 9.56. The van der Waals surface area contributed by atoms with E-state index in [0.717, 1.165) is 17.8 Å². The Morgan fingerprint density at radius 3 is 3.00 bits per heavy atom. The van der Waals surface area contributed by atoms with E-state index in [1.165, 1.54) is 0 Å². The molecule has 0 unspecified atom stereocenters. The van der Waals surface area contributed by atoms with Crippen molar-refractivity contribution in [2.75, 3.05) is 0 Å². The normalized spacial score (nSPS) is 10.5. The lowest BCUT2D eigenvalue weighted by Gasteiger charge is -2.10. The maximum atomic E-state index is 9.56. The average molecular weight is 232 g/mol. The molecule has 2 aromatic rings. The molecule has 4 heteroatoms. The molecule has 0 aliphatic carbocycles. The largest absolute Gasteiger partial charge is 0.508 e. The number of aryl methyl sites for hydroxylation is 1. The molecule has 0 aliphatic rings. The topological polar surface area (TPSA) is 47.3 Å². The van der Waals surface area contributed by atoms with Crippen molar-refractivity contribution in [3.05, 3.63) is 42.0 Å². The third kappa shape index (κ3) is 2.41. The number of rotatable bonds is 4. The minimum absolute atomic E-state index is 0.256. The molecule has 2 rings (SSSR count). The maximum Gasteiger partial charge on any atom is 0.130 e. The van der Waals surface area contributed by atoms with Gasteiger partial charge in [0.1, 0.15) is 18.1 Å². The Bertz CT molecular complexity index is 506. The van der Waals surface area contributed by atoms with Crippen molar-refractivity contribution >= 4 is 0 Å². The van der Waals surface area contributed by atoms with Crippen LogP contribution in [-0.2, 0) is 13.2 Å². The molecule has 1 aromatic carbocycles. The van der Waals surface area contributed by atoms with Crippen molar-refractivity contribution in [1.29, 1.82) is 0 Å². The molecule has 0 radical (unpaired) electrons. The molecule has 0 amide bonds. The number of nitrogens with zero attached hydrogens (tertiary/aromatic N) is 2. The third-order valence-corrected chi connectivity index (χ3v) is 2.77. The fourth-order valence-electron chi connectivity index (χ4n) is 1.66. The van der Waals surface area contributed by atoms with E-state index in [9.17, 15) is 5.11 Å². The van der Waals surface area contributed by atoms with Crippen LogP contribution in [0, 0.1) is 6.92 Å². The van der Waals surface area contributed by atoms with Crippen LogP contribution in [0.4, 0.5) is 0 Å². The summed E-state index contributed by atoms with van der Waals surface area (Å²) in [6, 6.07) is 5.27. The van der Waals surface area contributed by atoms with Crippen molar-refractivity contribution in [1.82, 2.24) is 9.55 Å². The monoisotopic (exact) mass is 232 g/mol. The first kappa shape index (κ1) is 11.5. The van der Waals surface area contributed by atoms with E-state index >= 15 is 0 Å². The van der Waals surface area contributed by atoms with E-state index in [-0.39, 0.29) is 5.75 Å². The first-order valence-corrected chi connectivity index (χ1v) is 5.62. The zero-order valence-electron chi connectivity index (χ0n) is 10.1. The molecule has 1 heterocycles. The van der Waals surface area contributed by atoms with Crippen molar-refractivity contribution < 1.29 is 9.84 Å². The molecular weight excluding hydrogens is 216 g/mol. The Morgan fingerprint density at radius 2 is 2.24 bits per heavy atom. The van der Waals surface area contributed by atoms with Gasteiger partial charge in [0.05, 0.1) is 18.2 Å². The summed E-state index contributed by atoms with van der Waals surface area (Å²) in [5.41, 5.74) is 1.78. The molecule has 90 valence electrons. The van der Waals surface area contributed by atoms with Gasteiger partial charge >= 0.3 is 0 Å². The average Bonchev–Trinajstić information content (AvgIpc) is 2.78. The molecule has 0 fully saturated rings. The molecule has 0 bridgehead atoms. The zero-order chi connectivity index (χ0) is 12.3. The molecule has 0 aliphatic heterocycles. The van der Waals surface area contributed by atoms with Crippen LogP contribution >= 0.6 is 0 Å². The van der Waals surface area contributed by atoms with Gasteiger partial charge in [-0.1, -0.05) is 6.07 Å². The van der Waals surface area contributed by atoms with Gasteiger partial charge in [0.2, 0.25) is 0 Å². The maximum absolute atomic E-state index is 9.56. The van der Waals surface area contributed by atoms with Crippen LogP contribution in [0.1, 0.15) is 18.2 Å². The Hall–Kier alpha value is -1.97. The SMILES string of the molecule is CCn1cncc1COc1cccc(O)c1C. The summed E-state index contributed by atoms with van der Waals surface area (Å²) < 4.78 is 7.71. The van der Waals surface area contributed by atoms with Crippen LogP contribution in [0.2, 0.25) is 0 Å². The number of aromatic hydroxyl groups is 1. The van der Waals surface area contributed by atoms with Gasteiger partial charge in [-0.15, -0.1) is 0 Å². The zero-order valence-corrected chi connectivity index (χ0v) is 10.1. The Morgan fingerprint density at radius 1 is 1.41 bits per heavy atom. The molecule has 4 nitrogen and oxygen atoms in total. The lowest BCUT2D eigenvalue weighted by atomic mass is 10.2. The van der Waals surface area contributed by atoms with Crippen molar-refractivity contribution in [3.8, 4) is 11.5 Å². The van der Waals surface area contributed by atoms with Gasteiger partial charge in [-0.05, 0) is 26.0 Å². The molecule has 1 N–H and O–H groups in total. The second-order valence-electron chi connectivity index (χ2n) is 3.86. The van der Waals surface area contributed by atoms with Crippen LogP contribution < -0.4 is 4.74 Å². The lowest BCUT2D eigenvalue weighted by Crippen LogP contribution is -2.04. The highest BCUT2D eigenvalue weighted by Crippen LogP contribution is 2.26. The molecular formula is C13H16N2O2. The smallest absolute Gasteiger partial charge is 0.130 e. The Balaban J connectivity index is 2.10. The summed E-state index contributed by atoms with van der Waals surface area (Å²) in [5.74, 6) is 0.959. The summed E-state index contributed by atoms with van der Waals surface area (Å²) in [6.45, 7) is 5.22. The van der Waals surface area contributed by atoms with Crippen LogP contribution in [0.15, 0.2) is 30.7 Å². The number of aromatic nitrogens is 2. The van der Waals surface area contributed by atoms with Crippen LogP contribution in [-0.4, -0.2) is 14.7 Å². The second kappa shape index (κ2) is 4.91. The van der Waals surface area contributed by atoms with Gasteiger partial charge in [-0.2, -0.15) is 0 Å². The van der Waals surface area contributed by atoms with Gasteiger partial charge in [0.15, 0.2) is 0 Å². The number of ether oxygens (including phenoxy) is 1. The van der Waals surface area contributed by atoms with Gasteiger partial charge in [-0.25, -0.2) is 4.98 Å². The number of hydrogen-bond acceptors (Lipinski definition) is 3. The highest BCUT2D eigenvalue weighted by atomic mass is 16.5. The Labute approximate surface area is 100 Å². The fraction of sp³-hybridized carbons (Fsp3) is 0.308. The minimum atomic E-state index is 0.256. The van der Waals surface area contributed by atoms with Gasteiger partial charge < -0.3 is 14.4 Å². The van der Waals surface area contributed by atoms with Crippen LogP contribution in [0.25, 0.3) is 0 Å². The van der Waals surface area contributed by atoms with Gasteiger partial charge in [0.25, 0.3) is 0 Å².